The maximum atomic E-state index is 12.0. The lowest BCUT2D eigenvalue weighted by atomic mass is 9.85. The minimum Gasteiger partial charge on any atom is -0.331 e. The van der Waals surface area contributed by atoms with Crippen molar-refractivity contribution in [2.45, 2.75) is 12.0 Å². The molecule has 1 fully saturated rings. The fourth-order valence-corrected chi connectivity index (χ4v) is 2.80. The van der Waals surface area contributed by atoms with Gasteiger partial charge in [-0.3, -0.25) is 0 Å². The van der Waals surface area contributed by atoms with Crippen LogP contribution in [0.25, 0.3) is 0 Å². The van der Waals surface area contributed by atoms with Gasteiger partial charge in [0.2, 0.25) is 0 Å². The Morgan fingerprint density at radius 1 is 0.950 bits per heavy atom. The second-order valence-electron chi connectivity index (χ2n) is 5.24. The summed E-state index contributed by atoms with van der Waals surface area (Å²) in [6.07, 6.45) is 0. The first-order valence-corrected chi connectivity index (χ1v) is 6.87. The summed E-state index contributed by atoms with van der Waals surface area (Å²) in [5.74, 6) is 0.265. The van der Waals surface area contributed by atoms with Crippen molar-refractivity contribution in [3.63, 3.8) is 0 Å². The molecule has 0 bridgehead atoms. The molecule has 1 heterocycles. The molecule has 3 rings (SSSR count). The Morgan fingerprint density at radius 3 is 2.10 bits per heavy atom. The van der Waals surface area contributed by atoms with Gasteiger partial charge < -0.3 is 10.2 Å². The van der Waals surface area contributed by atoms with Gasteiger partial charge in [0.05, 0.1) is 6.04 Å². The fraction of sp³-hybridized carbons (Fsp3) is 0.235. The van der Waals surface area contributed by atoms with Gasteiger partial charge in [-0.15, -0.1) is 0 Å². The molecule has 0 spiro atoms. The number of hydrogen-bond donors (Lipinski definition) is 1. The van der Waals surface area contributed by atoms with Crippen LogP contribution in [0.2, 0.25) is 0 Å². The summed E-state index contributed by atoms with van der Waals surface area (Å²) in [4.78, 5) is 13.7. The minimum absolute atomic E-state index is 0.00830. The number of hydrogen-bond acceptors (Lipinski definition) is 1. The van der Waals surface area contributed by atoms with E-state index in [1.807, 2.05) is 43.4 Å². The van der Waals surface area contributed by atoms with E-state index in [1.54, 1.807) is 4.90 Å². The Hall–Kier alpha value is -2.29. The van der Waals surface area contributed by atoms with Crippen molar-refractivity contribution in [1.82, 2.24) is 10.2 Å². The van der Waals surface area contributed by atoms with Crippen molar-refractivity contribution in [2.24, 2.45) is 0 Å². The molecule has 1 N–H and O–H groups in total. The minimum atomic E-state index is -0.00830. The van der Waals surface area contributed by atoms with Crippen molar-refractivity contribution in [1.29, 1.82) is 0 Å². The Kier molecular flexibility index (Phi) is 3.42. The summed E-state index contributed by atoms with van der Waals surface area (Å²) in [7, 11) is 1.84. The molecule has 2 aromatic rings. The van der Waals surface area contributed by atoms with Crippen LogP contribution in [0, 0.1) is 0 Å². The molecule has 2 amide bonds. The van der Waals surface area contributed by atoms with Crippen LogP contribution < -0.4 is 5.32 Å². The molecule has 1 saturated heterocycles. The Balaban J connectivity index is 1.98. The van der Waals surface area contributed by atoms with Crippen molar-refractivity contribution < 1.29 is 4.79 Å². The average molecular weight is 266 g/mol. The molecule has 102 valence electrons. The van der Waals surface area contributed by atoms with Gasteiger partial charge in [-0.05, 0) is 11.1 Å². The van der Waals surface area contributed by atoms with E-state index in [-0.39, 0.29) is 18.0 Å². The standard InChI is InChI=1S/C17H18N2O/c1-19-12-15(13-8-4-2-5-9-13)16(18-17(19)20)14-10-6-3-7-11-14/h2-11,15-16H,12H2,1H3,(H,18,20). The van der Waals surface area contributed by atoms with Gasteiger partial charge >= 0.3 is 6.03 Å². The molecular formula is C17H18N2O. The van der Waals surface area contributed by atoms with Crippen LogP contribution in [0.15, 0.2) is 60.7 Å². The fourth-order valence-electron chi connectivity index (χ4n) is 2.80. The van der Waals surface area contributed by atoms with Crippen LogP contribution in [0.1, 0.15) is 23.1 Å². The first-order chi connectivity index (χ1) is 9.75. The number of carbonyl (C=O) groups is 1. The van der Waals surface area contributed by atoms with Crippen LogP contribution in [0.5, 0.6) is 0 Å². The smallest absolute Gasteiger partial charge is 0.317 e. The van der Waals surface area contributed by atoms with Crippen molar-refractivity contribution >= 4 is 6.03 Å². The molecule has 2 aromatic carbocycles. The molecule has 3 nitrogen and oxygen atoms in total. The highest BCUT2D eigenvalue weighted by Gasteiger charge is 2.33. The van der Waals surface area contributed by atoms with Crippen LogP contribution >= 0.6 is 0 Å². The van der Waals surface area contributed by atoms with Gasteiger partial charge in [0.25, 0.3) is 0 Å². The highest BCUT2D eigenvalue weighted by Crippen LogP contribution is 2.34. The monoisotopic (exact) mass is 266 g/mol. The predicted molar refractivity (Wildman–Crippen MR) is 79.5 cm³/mol. The third-order valence-electron chi connectivity index (χ3n) is 3.89. The zero-order chi connectivity index (χ0) is 13.9. The van der Waals surface area contributed by atoms with Crippen molar-refractivity contribution in [3.05, 3.63) is 71.8 Å². The number of carbonyl (C=O) groups excluding carboxylic acids is 1. The van der Waals surface area contributed by atoms with E-state index in [4.69, 9.17) is 0 Å². The highest BCUT2D eigenvalue weighted by atomic mass is 16.2. The van der Waals surface area contributed by atoms with E-state index in [0.29, 0.717) is 0 Å². The first kappa shape index (κ1) is 12.7. The van der Waals surface area contributed by atoms with E-state index in [9.17, 15) is 4.79 Å². The molecule has 0 saturated carbocycles. The van der Waals surface area contributed by atoms with E-state index >= 15 is 0 Å². The maximum absolute atomic E-state index is 12.0. The highest BCUT2D eigenvalue weighted by molar-refractivity contribution is 5.76. The molecule has 20 heavy (non-hydrogen) atoms. The molecule has 2 unspecified atom stereocenters. The topological polar surface area (TPSA) is 32.3 Å². The Bertz CT molecular complexity index is 582. The van der Waals surface area contributed by atoms with Crippen LogP contribution in [0.4, 0.5) is 4.79 Å². The molecule has 0 radical (unpaired) electrons. The largest absolute Gasteiger partial charge is 0.331 e. The van der Waals surface area contributed by atoms with Crippen LogP contribution in [-0.4, -0.2) is 24.5 Å². The van der Waals surface area contributed by atoms with E-state index < -0.39 is 0 Å². The lowest BCUT2D eigenvalue weighted by Crippen LogP contribution is -2.49. The van der Waals surface area contributed by atoms with Crippen molar-refractivity contribution in [2.75, 3.05) is 13.6 Å². The molecule has 0 aliphatic carbocycles. The zero-order valence-electron chi connectivity index (χ0n) is 11.5. The van der Waals surface area contributed by atoms with Gasteiger partial charge in [0.15, 0.2) is 0 Å². The molecule has 2 atom stereocenters. The summed E-state index contributed by atoms with van der Waals surface area (Å²) in [5.41, 5.74) is 2.41. The van der Waals surface area contributed by atoms with Crippen LogP contribution in [-0.2, 0) is 0 Å². The average Bonchev–Trinajstić information content (AvgIpc) is 2.51. The Morgan fingerprint density at radius 2 is 1.50 bits per heavy atom. The number of benzene rings is 2. The van der Waals surface area contributed by atoms with Gasteiger partial charge in [-0.25, -0.2) is 4.79 Å². The second kappa shape index (κ2) is 5.37. The number of nitrogens with one attached hydrogen (secondary N) is 1. The third kappa shape index (κ3) is 2.39. The molecule has 0 aromatic heterocycles. The molecular weight excluding hydrogens is 248 g/mol. The van der Waals surface area contributed by atoms with Gasteiger partial charge in [-0.1, -0.05) is 60.7 Å². The summed E-state index contributed by atoms with van der Waals surface area (Å²) < 4.78 is 0. The maximum Gasteiger partial charge on any atom is 0.317 e. The van der Waals surface area contributed by atoms with E-state index in [2.05, 4.69) is 29.6 Å². The predicted octanol–water partition coefficient (Wildman–Crippen LogP) is 3.17. The van der Waals surface area contributed by atoms with Crippen molar-refractivity contribution in [3.8, 4) is 0 Å². The van der Waals surface area contributed by atoms with Gasteiger partial charge in [-0.2, -0.15) is 0 Å². The third-order valence-corrected chi connectivity index (χ3v) is 3.89. The first-order valence-electron chi connectivity index (χ1n) is 6.87. The number of amides is 2. The number of urea groups is 1. The number of likely N-dealkylation sites (N-methyl/N-ethyl adjacent to an activating group) is 1. The van der Waals surface area contributed by atoms with E-state index in [0.717, 1.165) is 12.1 Å². The lowest BCUT2D eigenvalue weighted by molar-refractivity contribution is 0.178. The summed E-state index contributed by atoms with van der Waals surface area (Å²) in [5, 5.41) is 3.12. The quantitative estimate of drug-likeness (QED) is 0.889. The molecule has 1 aliphatic heterocycles. The zero-order valence-corrected chi connectivity index (χ0v) is 11.5. The Labute approximate surface area is 119 Å². The SMILES string of the molecule is CN1CC(c2ccccc2)C(c2ccccc2)NC1=O. The summed E-state index contributed by atoms with van der Waals surface area (Å²) in [6, 6.07) is 20.6. The van der Waals surface area contributed by atoms with Crippen LogP contribution in [0.3, 0.4) is 0 Å². The summed E-state index contributed by atoms with van der Waals surface area (Å²) >= 11 is 0. The molecule has 3 heteroatoms. The van der Waals surface area contributed by atoms with Gasteiger partial charge in [0.1, 0.15) is 0 Å². The number of nitrogens with zero attached hydrogens (tertiary/aromatic N) is 1. The summed E-state index contributed by atoms with van der Waals surface area (Å²) in [6.45, 7) is 0.732. The van der Waals surface area contributed by atoms with E-state index in [1.165, 1.54) is 5.56 Å². The number of rotatable bonds is 2. The second-order valence-corrected chi connectivity index (χ2v) is 5.24. The normalized spacial score (nSPS) is 22.4. The van der Waals surface area contributed by atoms with Gasteiger partial charge in [0, 0.05) is 19.5 Å². The lowest BCUT2D eigenvalue weighted by Gasteiger charge is -2.38. The molecule has 1 aliphatic rings.